The van der Waals surface area contributed by atoms with Crippen molar-refractivity contribution in [3.63, 3.8) is 0 Å². The van der Waals surface area contributed by atoms with Crippen molar-refractivity contribution in [1.82, 2.24) is 10.2 Å². The van der Waals surface area contributed by atoms with Gasteiger partial charge in [0.1, 0.15) is 0 Å². The predicted molar refractivity (Wildman–Crippen MR) is 102 cm³/mol. The topological polar surface area (TPSA) is 60.0 Å². The highest BCUT2D eigenvalue weighted by molar-refractivity contribution is 5.81. The summed E-state index contributed by atoms with van der Waals surface area (Å²) in [4.78, 5) is 14.9. The molecule has 1 unspecified atom stereocenters. The van der Waals surface area contributed by atoms with Crippen LogP contribution in [-0.4, -0.2) is 57.9 Å². The smallest absolute Gasteiger partial charge is 0.225 e. The fourth-order valence-corrected chi connectivity index (χ4v) is 3.00. The van der Waals surface area contributed by atoms with E-state index in [0.717, 1.165) is 25.1 Å². The minimum absolute atomic E-state index is 0.0651. The molecule has 6 nitrogen and oxygen atoms in total. The van der Waals surface area contributed by atoms with Crippen molar-refractivity contribution in [3.05, 3.63) is 23.8 Å². The molecule has 146 valence electrons. The van der Waals surface area contributed by atoms with Crippen LogP contribution in [0.5, 0.6) is 11.5 Å². The molecule has 0 spiro atoms. The van der Waals surface area contributed by atoms with Crippen molar-refractivity contribution < 1.29 is 19.0 Å². The van der Waals surface area contributed by atoms with Crippen LogP contribution >= 0.6 is 0 Å². The van der Waals surface area contributed by atoms with Crippen LogP contribution in [0.25, 0.3) is 0 Å². The molecule has 6 heteroatoms. The first-order chi connectivity index (χ1) is 12.4. The number of rotatable bonds is 8. The van der Waals surface area contributed by atoms with Gasteiger partial charge in [0.15, 0.2) is 11.5 Å². The van der Waals surface area contributed by atoms with Crippen LogP contribution in [0.15, 0.2) is 18.2 Å². The molecule has 26 heavy (non-hydrogen) atoms. The molecule has 1 amide bonds. The number of amides is 1. The molecule has 0 saturated carbocycles. The molecule has 1 atom stereocenters. The molecule has 1 fully saturated rings. The van der Waals surface area contributed by atoms with Gasteiger partial charge in [0, 0.05) is 25.0 Å². The van der Waals surface area contributed by atoms with Gasteiger partial charge < -0.3 is 19.5 Å². The summed E-state index contributed by atoms with van der Waals surface area (Å²) >= 11 is 0. The maximum Gasteiger partial charge on any atom is 0.225 e. The van der Waals surface area contributed by atoms with Crippen LogP contribution in [0.4, 0.5) is 0 Å². The van der Waals surface area contributed by atoms with Gasteiger partial charge in [0.25, 0.3) is 0 Å². The fraction of sp³-hybridized carbons (Fsp3) is 0.650. The van der Waals surface area contributed by atoms with Crippen molar-refractivity contribution in [3.8, 4) is 11.5 Å². The number of carbonyl (C=O) groups is 1. The molecule has 0 bridgehead atoms. The molecule has 1 aliphatic rings. The van der Waals surface area contributed by atoms with Crippen LogP contribution < -0.4 is 14.8 Å². The first kappa shape index (κ1) is 20.5. The molecule has 1 N–H and O–H groups in total. The Morgan fingerprint density at radius 2 is 1.88 bits per heavy atom. The molecular formula is C20H32N2O4. The number of morpholine rings is 1. The van der Waals surface area contributed by atoms with Crippen molar-refractivity contribution in [1.29, 1.82) is 0 Å². The number of methoxy groups -OCH3 is 2. The van der Waals surface area contributed by atoms with Crippen molar-refractivity contribution in [2.24, 2.45) is 5.41 Å². The number of hydrogen-bond donors (Lipinski definition) is 1. The summed E-state index contributed by atoms with van der Waals surface area (Å²) in [5.41, 5.74) is 0.729. The van der Waals surface area contributed by atoms with Crippen LogP contribution in [0.1, 0.15) is 38.8 Å². The largest absolute Gasteiger partial charge is 0.493 e. The Kier molecular flexibility index (Phi) is 7.29. The van der Waals surface area contributed by atoms with Gasteiger partial charge in [0.2, 0.25) is 5.91 Å². The van der Waals surface area contributed by atoms with Gasteiger partial charge in [0.05, 0.1) is 33.5 Å². The van der Waals surface area contributed by atoms with Gasteiger partial charge in [-0.1, -0.05) is 26.8 Å². The minimum Gasteiger partial charge on any atom is -0.493 e. The lowest BCUT2D eigenvalue weighted by Gasteiger charge is -2.35. The van der Waals surface area contributed by atoms with Gasteiger partial charge in [-0.15, -0.1) is 0 Å². The van der Waals surface area contributed by atoms with E-state index in [-0.39, 0.29) is 17.4 Å². The van der Waals surface area contributed by atoms with Crippen LogP contribution in [0.3, 0.4) is 0 Å². The standard InChI is InChI=1S/C20H32N2O4/c1-6-20(2,3)19(23)21-14-16(22-9-11-26-12-10-22)15-7-8-17(24-4)18(13-15)25-5/h7-8,13,16H,6,9-12,14H2,1-5H3,(H,21,23). The number of nitrogens with zero attached hydrogens (tertiary/aromatic N) is 1. The highest BCUT2D eigenvalue weighted by atomic mass is 16.5. The second-order valence-corrected chi connectivity index (χ2v) is 7.23. The zero-order valence-electron chi connectivity index (χ0n) is 16.6. The Labute approximate surface area is 156 Å². The minimum atomic E-state index is -0.368. The molecular weight excluding hydrogens is 332 g/mol. The lowest BCUT2D eigenvalue weighted by Crippen LogP contribution is -2.46. The SMILES string of the molecule is CCC(C)(C)C(=O)NCC(c1ccc(OC)c(OC)c1)N1CCOCC1. The number of ether oxygens (including phenoxy) is 3. The molecule has 0 aromatic heterocycles. The average molecular weight is 364 g/mol. The number of benzene rings is 1. The highest BCUT2D eigenvalue weighted by Gasteiger charge is 2.28. The molecule has 1 saturated heterocycles. The Bertz CT molecular complexity index is 597. The summed E-state index contributed by atoms with van der Waals surface area (Å²) in [6.45, 7) is 9.63. The third kappa shape index (κ3) is 4.89. The Morgan fingerprint density at radius 1 is 1.23 bits per heavy atom. The van der Waals surface area contributed by atoms with Crippen LogP contribution in [0, 0.1) is 5.41 Å². The third-order valence-electron chi connectivity index (χ3n) is 5.23. The summed E-state index contributed by atoms with van der Waals surface area (Å²) in [7, 11) is 3.26. The molecule has 1 aromatic carbocycles. The number of carbonyl (C=O) groups excluding carboxylic acids is 1. The molecule has 1 aromatic rings. The highest BCUT2D eigenvalue weighted by Crippen LogP contribution is 2.32. The Hall–Kier alpha value is -1.79. The van der Waals surface area contributed by atoms with E-state index in [4.69, 9.17) is 14.2 Å². The molecule has 0 radical (unpaired) electrons. The summed E-state index contributed by atoms with van der Waals surface area (Å²) in [6.07, 6.45) is 0.803. The molecule has 0 aliphatic carbocycles. The van der Waals surface area contributed by atoms with Crippen LogP contribution in [-0.2, 0) is 9.53 Å². The third-order valence-corrected chi connectivity index (χ3v) is 5.23. The lowest BCUT2D eigenvalue weighted by molar-refractivity contribution is -0.129. The first-order valence-corrected chi connectivity index (χ1v) is 9.25. The average Bonchev–Trinajstić information content (AvgIpc) is 2.68. The van der Waals surface area contributed by atoms with E-state index in [2.05, 4.69) is 10.2 Å². The molecule has 2 rings (SSSR count). The van der Waals surface area contributed by atoms with Crippen molar-refractivity contribution >= 4 is 5.91 Å². The van der Waals surface area contributed by atoms with Gasteiger partial charge >= 0.3 is 0 Å². The van der Waals surface area contributed by atoms with E-state index < -0.39 is 0 Å². The van der Waals surface area contributed by atoms with Crippen molar-refractivity contribution in [2.75, 3.05) is 47.1 Å². The molecule has 1 heterocycles. The van der Waals surface area contributed by atoms with E-state index in [1.807, 2.05) is 39.0 Å². The van der Waals surface area contributed by atoms with E-state index in [1.54, 1.807) is 14.2 Å². The fourth-order valence-electron chi connectivity index (χ4n) is 3.00. The van der Waals surface area contributed by atoms with Crippen LogP contribution in [0.2, 0.25) is 0 Å². The normalized spacial score (nSPS) is 16.8. The van der Waals surface area contributed by atoms with Gasteiger partial charge in [-0.25, -0.2) is 0 Å². The van der Waals surface area contributed by atoms with E-state index in [0.29, 0.717) is 31.3 Å². The second-order valence-electron chi connectivity index (χ2n) is 7.23. The second kappa shape index (κ2) is 9.24. The molecule has 1 aliphatic heterocycles. The number of hydrogen-bond acceptors (Lipinski definition) is 5. The zero-order chi connectivity index (χ0) is 19.2. The van der Waals surface area contributed by atoms with Gasteiger partial charge in [-0.2, -0.15) is 0 Å². The monoisotopic (exact) mass is 364 g/mol. The summed E-state index contributed by atoms with van der Waals surface area (Å²) < 4.78 is 16.3. The lowest BCUT2D eigenvalue weighted by atomic mass is 9.89. The summed E-state index contributed by atoms with van der Waals surface area (Å²) in [6, 6.07) is 6.02. The van der Waals surface area contributed by atoms with Gasteiger partial charge in [-0.05, 0) is 24.1 Å². The number of nitrogens with one attached hydrogen (secondary N) is 1. The maximum atomic E-state index is 12.5. The maximum absolute atomic E-state index is 12.5. The first-order valence-electron chi connectivity index (χ1n) is 9.25. The Balaban J connectivity index is 2.22. The quantitative estimate of drug-likeness (QED) is 0.768. The summed E-state index contributed by atoms with van der Waals surface area (Å²) in [5.74, 6) is 1.48. The van der Waals surface area contributed by atoms with E-state index >= 15 is 0 Å². The van der Waals surface area contributed by atoms with E-state index in [1.165, 1.54) is 0 Å². The predicted octanol–water partition coefficient (Wildman–Crippen LogP) is 2.63. The van der Waals surface area contributed by atoms with Crippen molar-refractivity contribution in [2.45, 2.75) is 33.2 Å². The summed E-state index contributed by atoms with van der Waals surface area (Å²) in [5, 5.41) is 3.14. The Morgan fingerprint density at radius 3 is 2.46 bits per heavy atom. The van der Waals surface area contributed by atoms with Gasteiger partial charge in [-0.3, -0.25) is 9.69 Å². The zero-order valence-corrected chi connectivity index (χ0v) is 16.6. The van der Waals surface area contributed by atoms with E-state index in [9.17, 15) is 4.79 Å².